The van der Waals surface area contributed by atoms with E-state index in [2.05, 4.69) is 15.0 Å². The second-order valence-corrected chi connectivity index (χ2v) is 4.21. The van der Waals surface area contributed by atoms with Crippen molar-refractivity contribution in [1.82, 2.24) is 4.98 Å². The van der Waals surface area contributed by atoms with Gasteiger partial charge >= 0.3 is 5.97 Å². The van der Waals surface area contributed by atoms with Gasteiger partial charge < -0.3 is 15.8 Å². The van der Waals surface area contributed by atoms with Crippen molar-refractivity contribution in [2.24, 2.45) is 0 Å². The van der Waals surface area contributed by atoms with Gasteiger partial charge in [-0.3, -0.25) is 0 Å². The van der Waals surface area contributed by atoms with Gasteiger partial charge in [0.1, 0.15) is 5.82 Å². The number of hydrogen-bond donors (Lipinski definition) is 2. The molecule has 20 heavy (non-hydrogen) atoms. The van der Waals surface area contributed by atoms with Crippen molar-refractivity contribution in [3.8, 4) is 0 Å². The number of nitrogens with zero attached hydrogens (tertiary/aromatic N) is 1. The molecule has 0 amide bonds. The van der Waals surface area contributed by atoms with Crippen molar-refractivity contribution in [2.75, 3.05) is 18.2 Å². The number of rotatable bonds is 3. The molecule has 1 heterocycles. The topological polar surface area (TPSA) is 77.2 Å². The number of methoxy groups -OCH3 is 1. The molecule has 0 radical (unpaired) electrons. The molecule has 0 aliphatic heterocycles. The van der Waals surface area contributed by atoms with Crippen molar-refractivity contribution in [3.05, 3.63) is 47.4 Å². The van der Waals surface area contributed by atoms with Crippen LogP contribution < -0.4 is 11.1 Å². The Balaban J connectivity index is 2.37. The zero-order valence-corrected chi connectivity index (χ0v) is 11.1. The third-order valence-electron chi connectivity index (χ3n) is 2.77. The number of nitrogens with two attached hydrogens (primary N) is 1. The van der Waals surface area contributed by atoms with Gasteiger partial charge in [0.05, 0.1) is 12.8 Å². The smallest absolute Gasteiger partial charge is 0.356 e. The molecule has 0 saturated heterocycles. The molecule has 6 heteroatoms. The van der Waals surface area contributed by atoms with Gasteiger partial charge in [0.15, 0.2) is 11.5 Å². The summed E-state index contributed by atoms with van der Waals surface area (Å²) in [6, 6.07) is 7.34. The molecule has 1 aromatic heterocycles. The number of esters is 1. The molecule has 2 rings (SSSR count). The van der Waals surface area contributed by atoms with Crippen LogP contribution in [0, 0.1) is 12.7 Å². The molecular formula is C14H14FN3O2. The van der Waals surface area contributed by atoms with Crippen molar-refractivity contribution in [1.29, 1.82) is 0 Å². The summed E-state index contributed by atoms with van der Waals surface area (Å²) in [6.45, 7) is 1.82. The van der Waals surface area contributed by atoms with Gasteiger partial charge in [-0.15, -0.1) is 0 Å². The minimum Gasteiger partial charge on any atom is -0.464 e. The van der Waals surface area contributed by atoms with Crippen LogP contribution in [0.3, 0.4) is 0 Å². The Morgan fingerprint density at radius 1 is 1.35 bits per heavy atom. The zero-order chi connectivity index (χ0) is 14.7. The van der Waals surface area contributed by atoms with Gasteiger partial charge in [0, 0.05) is 5.69 Å². The van der Waals surface area contributed by atoms with E-state index in [-0.39, 0.29) is 17.3 Å². The van der Waals surface area contributed by atoms with Crippen molar-refractivity contribution in [2.45, 2.75) is 6.92 Å². The Labute approximate surface area is 115 Å². The maximum Gasteiger partial charge on any atom is 0.356 e. The number of aromatic nitrogens is 1. The summed E-state index contributed by atoms with van der Waals surface area (Å²) < 4.78 is 17.8. The fraction of sp³-hybridized carbons (Fsp3) is 0.143. The Morgan fingerprint density at radius 3 is 2.80 bits per heavy atom. The van der Waals surface area contributed by atoms with Crippen molar-refractivity contribution in [3.63, 3.8) is 0 Å². The highest BCUT2D eigenvalue weighted by molar-refractivity contribution is 5.88. The minimum absolute atomic E-state index is 0.123. The molecule has 0 aliphatic rings. The number of carbonyl (C=O) groups excluding carboxylic acids is 1. The van der Waals surface area contributed by atoms with Gasteiger partial charge in [0.2, 0.25) is 0 Å². The Bertz CT molecular complexity index is 659. The third-order valence-corrected chi connectivity index (χ3v) is 2.77. The summed E-state index contributed by atoms with van der Waals surface area (Å²) >= 11 is 0. The van der Waals surface area contributed by atoms with E-state index in [0.717, 1.165) is 5.56 Å². The summed E-state index contributed by atoms with van der Waals surface area (Å²) in [5.74, 6) is -0.661. The molecule has 0 unspecified atom stereocenters. The number of pyridine rings is 1. The molecule has 5 nitrogen and oxygen atoms in total. The highest BCUT2D eigenvalue weighted by Crippen LogP contribution is 2.24. The Morgan fingerprint density at radius 2 is 2.10 bits per heavy atom. The van der Waals surface area contributed by atoms with E-state index in [9.17, 15) is 9.18 Å². The number of nitrogens with one attached hydrogen (secondary N) is 1. The number of aryl methyl sites for hydroxylation is 1. The summed E-state index contributed by atoms with van der Waals surface area (Å²) in [6.07, 6.45) is 0. The second-order valence-electron chi connectivity index (χ2n) is 4.21. The SMILES string of the molecule is COC(=O)c1ccc(N)c(Nc2cc(F)ccc2C)n1. The average molecular weight is 275 g/mol. The first kappa shape index (κ1) is 13.8. The van der Waals surface area contributed by atoms with Crippen LogP contribution in [0.25, 0.3) is 0 Å². The second kappa shape index (κ2) is 5.56. The number of ether oxygens (including phenoxy) is 1. The first-order valence-electron chi connectivity index (χ1n) is 5.89. The summed E-state index contributed by atoms with van der Waals surface area (Å²) in [5, 5.41) is 2.92. The van der Waals surface area contributed by atoms with Crippen molar-refractivity contribution >= 4 is 23.2 Å². The fourth-order valence-corrected chi connectivity index (χ4v) is 1.64. The van der Waals surface area contributed by atoms with E-state index in [1.807, 2.05) is 6.92 Å². The number of nitrogen functional groups attached to an aromatic ring is 1. The van der Waals surface area contributed by atoms with E-state index in [0.29, 0.717) is 11.4 Å². The van der Waals surface area contributed by atoms with Gasteiger partial charge in [-0.1, -0.05) is 6.07 Å². The molecule has 3 N–H and O–H groups in total. The predicted octanol–water partition coefficient (Wildman–Crippen LogP) is 2.64. The monoisotopic (exact) mass is 275 g/mol. The van der Waals surface area contributed by atoms with Gasteiger partial charge in [-0.25, -0.2) is 14.2 Å². The first-order valence-corrected chi connectivity index (χ1v) is 5.89. The number of hydrogen-bond acceptors (Lipinski definition) is 5. The Kier molecular flexibility index (Phi) is 3.84. The van der Waals surface area contributed by atoms with Crippen LogP contribution in [0.1, 0.15) is 16.1 Å². The minimum atomic E-state index is -0.566. The van der Waals surface area contributed by atoms with Crippen LogP contribution in [0.5, 0.6) is 0 Å². The highest BCUT2D eigenvalue weighted by atomic mass is 19.1. The average Bonchev–Trinajstić information content (AvgIpc) is 2.44. The maximum atomic E-state index is 13.2. The van der Waals surface area contributed by atoms with Crippen molar-refractivity contribution < 1.29 is 13.9 Å². The lowest BCUT2D eigenvalue weighted by Gasteiger charge is -2.11. The molecule has 0 saturated carbocycles. The number of halogens is 1. The molecule has 0 atom stereocenters. The van der Waals surface area contributed by atoms with Crippen LogP contribution in [-0.2, 0) is 4.74 Å². The van der Waals surface area contributed by atoms with Crippen LogP contribution in [0.15, 0.2) is 30.3 Å². The van der Waals surface area contributed by atoms with Gasteiger partial charge in [0.25, 0.3) is 0 Å². The molecule has 0 bridgehead atoms. The fourth-order valence-electron chi connectivity index (χ4n) is 1.64. The van der Waals surface area contributed by atoms with E-state index >= 15 is 0 Å². The molecule has 0 fully saturated rings. The van der Waals surface area contributed by atoms with Crippen LogP contribution in [0.4, 0.5) is 21.6 Å². The molecule has 104 valence electrons. The maximum absolute atomic E-state index is 13.2. The van der Waals surface area contributed by atoms with E-state index < -0.39 is 5.97 Å². The lowest BCUT2D eigenvalue weighted by atomic mass is 10.2. The molecule has 0 aliphatic carbocycles. The van der Waals surface area contributed by atoms with Gasteiger partial charge in [-0.2, -0.15) is 0 Å². The summed E-state index contributed by atoms with van der Waals surface area (Å²) in [4.78, 5) is 15.5. The van der Waals surface area contributed by atoms with Crippen LogP contribution in [0.2, 0.25) is 0 Å². The van der Waals surface area contributed by atoms with E-state index in [4.69, 9.17) is 5.73 Å². The molecule has 1 aromatic carbocycles. The first-order chi connectivity index (χ1) is 9.51. The quantitative estimate of drug-likeness (QED) is 0.842. The van der Waals surface area contributed by atoms with E-state index in [1.54, 1.807) is 6.07 Å². The highest BCUT2D eigenvalue weighted by Gasteiger charge is 2.11. The predicted molar refractivity (Wildman–Crippen MR) is 74.4 cm³/mol. The standard InChI is InChI=1S/C14H14FN3O2/c1-8-3-4-9(15)7-12(8)18-13-10(16)5-6-11(17-13)14(19)20-2/h3-7H,16H2,1-2H3,(H,17,18). The number of anilines is 3. The normalized spacial score (nSPS) is 10.2. The number of benzene rings is 1. The van der Waals surface area contributed by atoms with E-state index in [1.165, 1.54) is 31.4 Å². The van der Waals surface area contributed by atoms with Gasteiger partial charge in [-0.05, 0) is 36.8 Å². The molecular weight excluding hydrogens is 261 g/mol. The summed E-state index contributed by atoms with van der Waals surface area (Å²) in [5.41, 5.74) is 7.63. The lowest BCUT2D eigenvalue weighted by molar-refractivity contribution is 0.0594. The molecule has 0 spiro atoms. The number of carbonyl (C=O) groups is 1. The third kappa shape index (κ3) is 2.85. The lowest BCUT2D eigenvalue weighted by Crippen LogP contribution is -2.08. The van der Waals surface area contributed by atoms with Crippen LogP contribution >= 0.6 is 0 Å². The Hall–Kier alpha value is -2.63. The molecule has 2 aromatic rings. The zero-order valence-electron chi connectivity index (χ0n) is 11.1. The summed E-state index contributed by atoms with van der Waals surface area (Å²) in [7, 11) is 1.27. The van der Waals surface area contributed by atoms with Crippen LogP contribution in [-0.4, -0.2) is 18.1 Å². The largest absolute Gasteiger partial charge is 0.464 e.